The molecule has 3 aliphatic rings. The van der Waals surface area contributed by atoms with Crippen molar-refractivity contribution in [1.82, 2.24) is 4.90 Å². The molecule has 1 saturated carbocycles. The molecule has 3 rings (SSSR count). The molecule has 2 bridgehead atoms. The molecule has 2 saturated heterocycles. The zero-order valence-corrected chi connectivity index (χ0v) is 13.4. The van der Waals surface area contributed by atoms with Crippen molar-refractivity contribution >= 4 is 0 Å². The summed E-state index contributed by atoms with van der Waals surface area (Å²) in [7, 11) is 2.40. The summed E-state index contributed by atoms with van der Waals surface area (Å²) in [6.45, 7) is 7.42. The van der Waals surface area contributed by atoms with Crippen LogP contribution in [0.5, 0.6) is 0 Å². The van der Waals surface area contributed by atoms with Crippen molar-refractivity contribution in [1.29, 1.82) is 0 Å². The lowest BCUT2D eigenvalue weighted by atomic mass is 9.64. The Morgan fingerprint density at radius 3 is 2.26 bits per heavy atom. The van der Waals surface area contributed by atoms with Crippen molar-refractivity contribution in [3.63, 3.8) is 0 Å². The first-order valence-corrected chi connectivity index (χ1v) is 8.79. The largest absolute Gasteiger partial charge is 0.300 e. The van der Waals surface area contributed by atoms with E-state index in [2.05, 4.69) is 32.7 Å². The Morgan fingerprint density at radius 2 is 1.63 bits per heavy atom. The van der Waals surface area contributed by atoms with Crippen LogP contribution in [0.25, 0.3) is 0 Å². The zero-order valence-electron chi connectivity index (χ0n) is 13.4. The van der Waals surface area contributed by atoms with E-state index < -0.39 is 0 Å². The maximum Gasteiger partial charge on any atom is 0.0129 e. The Kier molecular flexibility index (Phi) is 3.95. The number of nitrogens with zero attached hydrogens (tertiary/aromatic N) is 1. The predicted octanol–water partition coefficient (Wildman–Crippen LogP) is 4.57. The standard InChI is InChI=1S/C18H33N/c1-12(2)18-16(14-7-5-13(3)6-8-14)11-15-9-10-17(18)19(15)4/h12-18H,5-11H2,1-4H3. The zero-order chi connectivity index (χ0) is 13.6. The molecule has 110 valence electrons. The van der Waals surface area contributed by atoms with Gasteiger partial charge in [0, 0.05) is 12.1 Å². The number of piperidine rings is 1. The highest BCUT2D eigenvalue weighted by Gasteiger charge is 2.48. The normalized spacial score (nSPS) is 47.8. The van der Waals surface area contributed by atoms with Gasteiger partial charge >= 0.3 is 0 Å². The van der Waals surface area contributed by atoms with Crippen LogP contribution >= 0.6 is 0 Å². The van der Waals surface area contributed by atoms with Crippen LogP contribution in [-0.2, 0) is 0 Å². The topological polar surface area (TPSA) is 3.24 Å². The van der Waals surface area contributed by atoms with Crippen molar-refractivity contribution in [3.05, 3.63) is 0 Å². The minimum absolute atomic E-state index is 0.871. The Labute approximate surface area is 120 Å². The first-order valence-electron chi connectivity index (χ1n) is 8.79. The van der Waals surface area contributed by atoms with E-state index >= 15 is 0 Å². The van der Waals surface area contributed by atoms with Crippen molar-refractivity contribution in [2.75, 3.05) is 7.05 Å². The van der Waals surface area contributed by atoms with Gasteiger partial charge in [-0.15, -0.1) is 0 Å². The van der Waals surface area contributed by atoms with E-state index in [1.165, 1.54) is 44.9 Å². The van der Waals surface area contributed by atoms with E-state index in [4.69, 9.17) is 0 Å². The third kappa shape index (κ3) is 2.48. The lowest BCUT2D eigenvalue weighted by Crippen LogP contribution is -2.50. The lowest BCUT2D eigenvalue weighted by Gasteiger charge is -2.49. The van der Waals surface area contributed by atoms with Gasteiger partial charge in [-0.05, 0) is 68.7 Å². The van der Waals surface area contributed by atoms with Gasteiger partial charge in [0.1, 0.15) is 0 Å². The van der Waals surface area contributed by atoms with Crippen LogP contribution < -0.4 is 0 Å². The molecular formula is C18H33N. The highest BCUT2D eigenvalue weighted by atomic mass is 15.2. The molecule has 19 heavy (non-hydrogen) atoms. The molecule has 0 amide bonds. The Bertz CT molecular complexity index is 303. The average molecular weight is 263 g/mol. The fourth-order valence-electron chi connectivity index (χ4n) is 5.71. The third-order valence-corrected chi connectivity index (χ3v) is 6.81. The fourth-order valence-corrected chi connectivity index (χ4v) is 5.71. The highest BCUT2D eigenvalue weighted by Crippen LogP contribution is 2.50. The fraction of sp³-hybridized carbons (Fsp3) is 1.00. The molecule has 0 aromatic heterocycles. The summed E-state index contributed by atoms with van der Waals surface area (Å²) in [5.74, 6) is 4.94. The van der Waals surface area contributed by atoms with Crippen LogP contribution in [0.4, 0.5) is 0 Å². The maximum atomic E-state index is 2.74. The number of rotatable bonds is 2. The van der Waals surface area contributed by atoms with E-state index in [9.17, 15) is 0 Å². The molecule has 2 aliphatic heterocycles. The summed E-state index contributed by atoms with van der Waals surface area (Å²) in [6.07, 6.45) is 10.5. The van der Waals surface area contributed by atoms with Crippen molar-refractivity contribution in [2.24, 2.45) is 29.6 Å². The quantitative estimate of drug-likeness (QED) is 0.705. The average Bonchev–Trinajstić information content (AvgIpc) is 2.63. The Hall–Kier alpha value is -0.0400. The molecule has 4 unspecified atom stereocenters. The SMILES string of the molecule is CC1CCC(C2CC3CCC(C2C(C)C)N3C)CC1. The van der Waals surface area contributed by atoms with Crippen molar-refractivity contribution in [2.45, 2.75) is 77.8 Å². The molecule has 1 aliphatic carbocycles. The molecule has 2 heterocycles. The first-order chi connectivity index (χ1) is 9.08. The molecule has 4 atom stereocenters. The van der Waals surface area contributed by atoms with Gasteiger partial charge in [-0.25, -0.2) is 0 Å². The molecule has 3 fully saturated rings. The second kappa shape index (κ2) is 5.39. The molecule has 0 spiro atoms. The van der Waals surface area contributed by atoms with E-state index in [0.717, 1.165) is 41.7 Å². The number of fused-ring (bicyclic) bond motifs is 2. The van der Waals surface area contributed by atoms with Gasteiger partial charge < -0.3 is 4.90 Å². The van der Waals surface area contributed by atoms with Crippen LogP contribution in [0.15, 0.2) is 0 Å². The van der Waals surface area contributed by atoms with Crippen molar-refractivity contribution in [3.8, 4) is 0 Å². The second-order valence-corrected chi connectivity index (χ2v) is 8.20. The van der Waals surface area contributed by atoms with Crippen molar-refractivity contribution < 1.29 is 0 Å². The molecule has 1 heteroatoms. The van der Waals surface area contributed by atoms with Crippen LogP contribution in [0.2, 0.25) is 0 Å². The number of hydrogen-bond donors (Lipinski definition) is 0. The van der Waals surface area contributed by atoms with Crippen LogP contribution in [0, 0.1) is 29.6 Å². The summed E-state index contributed by atoms with van der Waals surface area (Å²) < 4.78 is 0. The Morgan fingerprint density at radius 1 is 0.947 bits per heavy atom. The van der Waals surface area contributed by atoms with Gasteiger partial charge in [0.15, 0.2) is 0 Å². The van der Waals surface area contributed by atoms with Crippen LogP contribution in [0.1, 0.15) is 65.7 Å². The van der Waals surface area contributed by atoms with E-state index in [0.29, 0.717) is 0 Å². The van der Waals surface area contributed by atoms with Gasteiger partial charge in [0.2, 0.25) is 0 Å². The predicted molar refractivity (Wildman–Crippen MR) is 82.1 cm³/mol. The first kappa shape index (κ1) is 13.9. The molecule has 0 aromatic carbocycles. The summed E-state index contributed by atoms with van der Waals surface area (Å²) in [4.78, 5) is 2.74. The van der Waals surface area contributed by atoms with E-state index in [-0.39, 0.29) is 0 Å². The molecular weight excluding hydrogens is 230 g/mol. The Balaban J connectivity index is 1.76. The summed E-state index contributed by atoms with van der Waals surface area (Å²) in [5, 5.41) is 0. The smallest absolute Gasteiger partial charge is 0.0129 e. The molecule has 0 aromatic rings. The minimum atomic E-state index is 0.871. The van der Waals surface area contributed by atoms with Gasteiger partial charge in [-0.1, -0.05) is 33.6 Å². The summed E-state index contributed by atoms with van der Waals surface area (Å²) in [6, 6.07) is 1.83. The minimum Gasteiger partial charge on any atom is -0.300 e. The van der Waals surface area contributed by atoms with Gasteiger partial charge in [-0.3, -0.25) is 0 Å². The van der Waals surface area contributed by atoms with Crippen LogP contribution in [-0.4, -0.2) is 24.0 Å². The molecule has 0 N–H and O–H groups in total. The van der Waals surface area contributed by atoms with E-state index in [1.54, 1.807) is 0 Å². The van der Waals surface area contributed by atoms with E-state index in [1.807, 2.05) is 0 Å². The molecule has 0 radical (unpaired) electrons. The van der Waals surface area contributed by atoms with Gasteiger partial charge in [0.05, 0.1) is 0 Å². The van der Waals surface area contributed by atoms with Gasteiger partial charge in [0.25, 0.3) is 0 Å². The lowest BCUT2D eigenvalue weighted by molar-refractivity contribution is -0.0000161. The third-order valence-electron chi connectivity index (χ3n) is 6.81. The van der Waals surface area contributed by atoms with Crippen LogP contribution in [0.3, 0.4) is 0 Å². The molecule has 1 nitrogen and oxygen atoms in total. The number of hydrogen-bond acceptors (Lipinski definition) is 1. The monoisotopic (exact) mass is 263 g/mol. The second-order valence-electron chi connectivity index (χ2n) is 8.20. The van der Waals surface area contributed by atoms with Gasteiger partial charge in [-0.2, -0.15) is 0 Å². The summed E-state index contributed by atoms with van der Waals surface area (Å²) in [5.41, 5.74) is 0. The summed E-state index contributed by atoms with van der Waals surface area (Å²) >= 11 is 0. The maximum absolute atomic E-state index is 2.74. The highest BCUT2D eigenvalue weighted by molar-refractivity contribution is 5.01.